The summed E-state index contributed by atoms with van der Waals surface area (Å²) in [7, 11) is 0. The minimum atomic E-state index is -0.296. The molecule has 5 rings (SSSR count). The molecule has 2 aliphatic heterocycles. The van der Waals surface area contributed by atoms with Crippen molar-refractivity contribution < 1.29 is 13.7 Å². The summed E-state index contributed by atoms with van der Waals surface area (Å²) in [6, 6.07) is 16.5. The SMILES string of the molecule is O=C(CN1CCCC(c2nc(-c3ccc(F)cc3)no2)C1)NCC1CCN(c2ccccc2)C1. The number of hydrogen-bond acceptors (Lipinski definition) is 6. The molecule has 1 aromatic heterocycles. The molecular weight excluding hydrogens is 433 g/mol. The second-order valence-corrected chi connectivity index (χ2v) is 9.28. The van der Waals surface area contributed by atoms with Gasteiger partial charge < -0.3 is 14.7 Å². The molecule has 3 heterocycles. The van der Waals surface area contributed by atoms with Gasteiger partial charge in [0.25, 0.3) is 0 Å². The van der Waals surface area contributed by atoms with Crippen LogP contribution in [0.5, 0.6) is 0 Å². The molecule has 2 aromatic carbocycles. The summed E-state index contributed by atoms with van der Waals surface area (Å²) >= 11 is 0. The summed E-state index contributed by atoms with van der Waals surface area (Å²) in [6.45, 7) is 4.69. The van der Waals surface area contributed by atoms with Crippen LogP contribution in [0.25, 0.3) is 11.4 Å². The van der Waals surface area contributed by atoms with E-state index >= 15 is 0 Å². The third-order valence-corrected chi connectivity index (χ3v) is 6.76. The highest BCUT2D eigenvalue weighted by molar-refractivity contribution is 5.78. The van der Waals surface area contributed by atoms with Gasteiger partial charge in [0.05, 0.1) is 12.5 Å². The van der Waals surface area contributed by atoms with Gasteiger partial charge in [0, 0.05) is 37.4 Å². The highest BCUT2D eigenvalue weighted by Crippen LogP contribution is 2.28. The summed E-state index contributed by atoms with van der Waals surface area (Å²) in [4.78, 5) is 21.7. The van der Waals surface area contributed by atoms with E-state index in [1.165, 1.54) is 17.8 Å². The zero-order valence-corrected chi connectivity index (χ0v) is 19.2. The van der Waals surface area contributed by atoms with E-state index in [0.717, 1.165) is 44.5 Å². The fraction of sp³-hybridized carbons (Fsp3) is 0.423. The average Bonchev–Trinajstić information content (AvgIpc) is 3.55. The zero-order chi connectivity index (χ0) is 23.3. The van der Waals surface area contributed by atoms with Gasteiger partial charge in [0.15, 0.2) is 0 Å². The number of aromatic nitrogens is 2. The number of para-hydroxylation sites is 1. The van der Waals surface area contributed by atoms with Crippen LogP contribution in [0.2, 0.25) is 0 Å². The molecule has 34 heavy (non-hydrogen) atoms. The summed E-state index contributed by atoms with van der Waals surface area (Å²) in [6.07, 6.45) is 3.01. The van der Waals surface area contributed by atoms with Gasteiger partial charge in [-0.3, -0.25) is 9.69 Å². The average molecular weight is 464 g/mol. The van der Waals surface area contributed by atoms with Crippen LogP contribution in [0.3, 0.4) is 0 Å². The Balaban J connectivity index is 1.09. The minimum absolute atomic E-state index is 0.0661. The molecule has 2 unspecified atom stereocenters. The molecule has 0 spiro atoms. The molecule has 8 heteroatoms. The summed E-state index contributed by atoms with van der Waals surface area (Å²) in [5.41, 5.74) is 1.97. The Bertz CT molecular complexity index is 1090. The van der Waals surface area contributed by atoms with Gasteiger partial charge in [-0.05, 0) is 68.1 Å². The molecule has 0 saturated carbocycles. The summed E-state index contributed by atoms with van der Waals surface area (Å²) < 4.78 is 18.7. The van der Waals surface area contributed by atoms with Crippen LogP contribution < -0.4 is 10.2 Å². The normalized spacial score (nSPS) is 21.0. The number of carbonyl (C=O) groups excluding carboxylic acids is 1. The van der Waals surface area contributed by atoms with Gasteiger partial charge in [-0.2, -0.15) is 4.98 Å². The van der Waals surface area contributed by atoms with Crippen LogP contribution in [0.15, 0.2) is 59.1 Å². The molecule has 2 fully saturated rings. The molecule has 0 aliphatic carbocycles. The Hall–Kier alpha value is -3.26. The summed E-state index contributed by atoms with van der Waals surface area (Å²) in [5.74, 6) is 1.38. The van der Waals surface area contributed by atoms with E-state index < -0.39 is 0 Å². The molecule has 3 aromatic rings. The standard InChI is InChI=1S/C26H30FN5O2/c27-22-10-8-20(9-11-22)25-29-26(34-30-25)21-5-4-13-31(17-21)18-24(33)28-15-19-12-14-32(16-19)23-6-2-1-3-7-23/h1-3,6-11,19,21H,4-5,12-18H2,(H,28,33). The Labute approximate surface area is 198 Å². The molecular formula is C26H30FN5O2. The van der Waals surface area contributed by atoms with E-state index in [1.54, 1.807) is 12.1 Å². The lowest BCUT2D eigenvalue weighted by Crippen LogP contribution is -2.43. The maximum absolute atomic E-state index is 13.2. The molecule has 1 N–H and O–H groups in total. The summed E-state index contributed by atoms with van der Waals surface area (Å²) in [5, 5.41) is 7.21. The molecule has 7 nitrogen and oxygen atoms in total. The second kappa shape index (κ2) is 10.3. The van der Waals surface area contributed by atoms with Crippen LogP contribution in [0, 0.1) is 11.7 Å². The smallest absolute Gasteiger partial charge is 0.234 e. The lowest BCUT2D eigenvalue weighted by molar-refractivity contribution is -0.122. The number of anilines is 1. The number of hydrogen-bond donors (Lipinski definition) is 1. The second-order valence-electron chi connectivity index (χ2n) is 9.28. The van der Waals surface area contributed by atoms with Gasteiger partial charge in [-0.25, -0.2) is 4.39 Å². The van der Waals surface area contributed by atoms with Crippen molar-refractivity contribution in [3.8, 4) is 11.4 Å². The van der Waals surface area contributed by atoms with E-state index in [-0.39, 0.29) is 17.6 Å². The van der Waals surface area contributed by atoms with Crippen LogP contribution in [0.1, 0.15) is 31.1 Å². The van der Waals surface area contributed by atoms with Crippen LogP contribution in [-0.4, -0.2) is 60.2 Å². The number of carbonyl (C=O) groups is 1. The molecule has 2 saturated heterocycles. The number of amides is 1. The van der Waals surface area contributed by atoms with Gasteiger partial charge >= 0.3 is 0 Å². The highest BCUT2D eigenvalue weighted by atomic mass is 19.1. The topological polar surface area (TPSA) is 74.5 Å². The van der Waals surface area contributed by atoms with Crippen molar-refractivity contribution >= 4 is 11.6 Å². The third-order valence-electron chi connectivity index (χ3n) is 6.76. The van der Waals surface area contributed by atoms with Crippen molar-refractivity contribution in [1.29, 1.82) is 0 Å². The van der Waals surface area contributed by atoms with Crippen LogP contribution in [-0.2, 0) is 4.79 Å². The van der Waals surface area contributed by atoms with Crippen molar-refractivity contribution in [2.75, 3.05) is 44.2 Å². The fourth-order valence-corrected chi connectivity index (χ4v) is 4.91. The molecule has 2 aliphatic rings. The van der Waals surface area contributed by atoms with E-state index in [0.29, 0.717) is 37.3 Å². The fourth-order valence-electron chi connectivity index (χ4n) is 4.91. The predicted molar refractivity (Wildman–Crippen MR) is 128 cm³/mol. The molecule has 2 atom stereocenters. The van der Waals surface area contributed by atoms with Crippen molar-refractivity contribution in [3.05, 3.63) is 66.3 Å². The molecule has 0 radical (unpaired) electrons. The van der Waals surface area contributed by atoms with Gasteiger partial charge in [0.2, 0.25) is 17.6 Å². The lowest BCUT2D eigenvalue weighted by atomic mass is 9.98. The number of likely N-dealkylation sites (tertiary alicyclic amines) is 1. The van der Waals surface area contributed by atoms with E-state index in [9.17, 15) is 9.18 Å². The van der Waals surface area contributed by atoms with Gasteiger partial charge in [-0.1, -0.05) is 23.4 Å². The van der Waals surface area contributed by atoms with E-state index in [4.69, 9.17) is 4.52 Å². The van der Waals surface area contributed by atoms with Crippen LogP contribution in [0.4, 0.5) is 10.1 Å². The van der Waals surface area contributed by atoms with Crippen molar-refractivity contribution in [3.63, 3.8) is 0 Å². The lowest BCUT2D eigenvalue weighted by Gasteiger charge is -2.30. The Morgan fingerprint density at radius 1 is 1.06 bits per heavy atom. The van der Waals surface area contributed by atoms with Crippen molar-refractivity contribution in [2.45, 2.75) is 25.2 Å². The first-order chi connectivity index (χ1) is 16.6. The first-order valence-electron chi connectivity index (χ1n) is 12.0. The minimum Gasteiger partial charge on any atom is -0.371 e. The number of nitrogens with zero attached hydrogens (tertiary/aromatic N) is 4. The molecule has 0 bridgehead atoms. The van der Waals surface area contributed by atoms with Crippen molar-refractivity contribution in [2.24, 2.45) is 5.92 Å². The first-order valence-corrected chi connectivity index (χ1v) is 12.0. The first kappa shape index (κ1) is 22.5. The molecule has 178 valence electrons. The Morgan fingerprint density at radius 2 is 1.88 bits per heavy atom. The largest absolute Gasteiger partial charge is 0.371 e. The number of benzene rings is 2. The third kappa shape index (κ3) is 5.44. The van der Waals surface area contributed by atoms with E-state index in [2.05, 4.69) is 49.5 Å². The monoisotopic (exact) mass is 463 g/mol. The number of halogens is 1. The Morgan fingerprint density at radius 3 is 2.71 bits per heavy atom. The van der Waals surface area contributed by atoms with Gasteiger partial charge in [0.1, 0.15) is 5.82 Å². The van der Waals surface area contributed by atoms with Crippen molar-refractivity contribution in [1.82, 2.24) is 20.4 Å². The predicted octanol–water partition coefficient (Wildman–Crippen LogP) is 3.70. The highest BCUT2D eigenvalue weighted by Gasteiger charge is 2.28. The maximum atomic E-state index is 13.2. The number of piperidine rings is 1. The zero-order valence-electron chi connectivity index (χ0n) is 19.2. The quantitative estimate of drug-likeness (QED) is 0.576. The maximum Gasteiger partial charge on any atom is 0.234 e. The van der Waals surface area contributed by atoms with Crippen LogP contribution >= 0.6 is 0 Å². The van der Waals surface area contributed by atoms with Gasteiger partial charge in [-0.15, -0.1) is 0 Å². The molecule has 1 amide bonds. The Kier molecular flexibility index (Phi) is 6.85. The number of nitrogens with one attached hydrogen (secondary N) is 1. The number of rotatable bonds is 7. The van der Waals surface area contributed by atoms with E-state index in [1.807, 2.05) is 6.07 Å².